The third-order valence-electron chi connectivity index (χ3n) is 2.40. The van der Waals surface area contributed by atoms with Gasteiger partial charge in [0.15, 0.2) is 6.33 Å². The number of hydrogen-bond acceptors (Lipinski definition) is 3. The Bertz CT molecular complexity index is 204. The number of aromatic nitrogens is 2. The van der Waals surface area contributed by atoms with Crippen molar-refractivity contribution in [1.82, 2.24) is 10.1 Å². The van der Waals surface area contributed by atoms with Crippen LogP contribution in [-0.2, 0) is 6.42 Å². The van der Waals surface area contributed by atoms with Crippen LogP contribution >= 0.6 is 0 Å². The molecule has 0 N–H and O–H groups in total. The molecule has 0 saturated heterocycles. The number of hydrogen-bond donors (Lipinski definition) is 0. The lowest BCUT2D eigenvalue weighted by molar-refractivity contribution is 0.280. The van der Waals surface area contributed by atoms with E-state index < -0.39 is 0 Å². The zero-order valence-corrected chi connectivity index (χ0v) is 6.49. The topological polar surface area (TPSA) is 38.9 Å². The van der Waals surface area contributed by atoms with Crippen molar-refractivity contribution in [3.05, 3.63) is 12.2 Å². The summed E-state index contributed by atoms with van der Waals surface area (Å²) in [5.41, 5.74) is 0. The predicted molar refractivity (Wildman–Crippen MR) is 40.0 cm³/mol. The van der Waals surface area contributed by atoms with Crippen molar-refractivity contribution in [3.63, 3.8) is 0 Å². The van der Waals surface area contributed by atoms with Gasteiger partial charge < -0.3 is 4.52 Å². The first-order chi connectivity index (χ1) is 5.45. The molecule has 0 bridgehead atoms. The number of nitrogens with zero attached hydrogens (tertiary/aromatic N) is 2. The Balaban J connectivity index is 1.74. The molecule has 11 heavy (non-hydrogen) atoms. The zero-order chi connectivity index (χ0) is 7.52. The monoisotopic (exact) mass is 152 g/mol. The molecule has 1 fully saturated rings. The lowest BCUT2D eigenvalue weighted by Gasteiger charge is -2.24. The van der Waals surface area contributed by atoms with Crippen LogP contribution in [0.5, 0.6) is 0 Å². The lowest BCUT2D eigenvalue weighted by Crippen LogP contribution is -2.11. The summed E-state index contributed by atoms with van der Waals surface area (Å²) in [7, 11) is 0. The van der Waals surface area contributed by atoms with Crippen molar-refractivity contribution >= 4 is 0 Å². The Morgan fingerprint density at radius 2 is 2.45 bits per heavy atom. The van der Waals surface area contributed by atoms with E-state index in [0.717, 1.165) is 18.2 Å². The molecule has 0 amide bonds. The molecule has 0 aliphatic heterocycles. The second-order valence-electron chi connectivity index (χ2n) is 3.17. The van der Waals surface area contributed by atoms with Gasteiger partial charge >= 0.3 is 0 Å². The molecule has 0 radical (unpaired) electrons. The molecule has 3 heteroatoms. The summed E-state index contributed by atoms with van der Waals surface area (Å²) in [5, 5.41) is 3.56. The van der Waals surface area contributed by atoms with Crippen molar-refractivity contribution in [2.24, 2.45) is 5.92 Å². The Labute approximate surface area is 65.8 Å². The molecule has 1 aliphatic rings. The molecule has 0 unspecified atom stereocenters. The molecule has 3 nitrogen and oxygen atoms in total. The second-order valence-corrected chi connectivity index (χ2v) is 3.17. The van der Waals surface area contributed by atoms with Gasteiger partial charge in [0.05, 0.1) is 0 Å². The van der Waals surface area contributed by atoms with E-state index in [1.54, 1.807) is 0 Å². The maximum absolute atomic E-state index is 4.89. The molecule has 1 aliphatic carbocycles. The number of rotatable bonds is 3. The van der Waals surface area contributed by atoms with Crippen LogP contribution in [0.2, 0.25) is 0 Å². The highest BCUT2D eigenvalue weighted by atomic mass is 16.5. The van der Waals surface area contributed by atoms with E-state index in [4.69, 9.17) is 4.52 Å². The van der Waals surface area contributed by atoms with Crippen molar-refractivity contribution in [1.29, 1.82) is 0 Å². The highest BCUT2D eigenvalue weighted by molar-refractivity contribution is 4.78. The predicted octanol–water partition coefficient (Wildman–Crippen LogP) is 1.80. The average molecular weight is 152 g/mol. The molecule has 1 aromatic rings. The SMILES string of the molecule is c1noc(CCC2CCC2)n1. The summed E-state index contributed by atoms with van der Waals surface area (Å²) < 4.78 is 4.89. The fourth-order valence-electron chi connectivity index (χ4n) is 1.42. The van der Waals surface area contributed by atoms with Crippen molar-refractivity contribution in [2.75, 3.05) is 0 Å². The van der Waals surface area contributed by atoms with Gasteiger partial charge in [0, 0.05) is 6.42 Å². The van der Waals surface area contributed by atoms with Gasteiger partial charge in [-0.05, 0) is 12.3 Å². The van der Waals surface area contributed by atoms with Gasteiger partial charge in [-0.3, -0.25) is 0 Å². The molecule has 2 rings (SSSR count). The Morgan fingerprint density at radius 1 is 1.55 bits per heavy atom. The maximum Gasteiger partial charge on any atom is 0.226 e. The van der Waals surface area contributed by atoms with Crippen molar-refractivity contribution < 1.29 is 4.52 Å². The van der Waals surface area contributed by atoms with Crippen LogP contribution in [-0.4, -0.2) is 10.1 Å². The summed E-state index contributed by atoms with van der Waals surface area (Å²) >= 11 is 0. The Morgan fingerprint density at radius 3 is 3.00 bits per heavy atom. The van der Waals surface area contributed by atoms with Gasteiger partial charge in [0.25, 0.3) is 0 Å². The molecule has 0 atom stereocenters. The largest absolute Gasteiger partial charge is 0.340 e. The third kappa shape index (κ3) is 1.59. The van der Waals surface area contributed by atoms with E-state index in [9.17, 15) is 0 Å². The fraction of sp³-hybridized carbons (Fsp3) is 0.750. The van der Waals surface area contributed by atoms with Crippen LogP contribution in [0.3, 0.4) is 0 Å². The summed E-state index contributed by atoms with van der Waals surface area (Å²) in [6.45, 7) is 0. The summed E-state index contributed by atoms with van der Waals surface area (Å²) in [4.78, 5) is 3.97. The minimum absolute atomic E-state index is 0.789. The Kier molecular flexibility index (Phi) is 1.88. The van der Waals surface area contributed by atoms with Crippen LogP contribution in [0.15, 0.2) is 10.9 Å². The second kappa shape index (κ2) is 3.03. The van der Waals surface area contributed by atoms with Crippen molar-refractivity contribution in [2.45, 2.75) is 32.1 Å². The summed E-state index contributed by atoms with van der Waals surface area (Å²) in [5.74, 6) is 1.72. The van der Waals surface area contributed by atoms with Crippen LogP contribution < -0.4 is 0 Å². The van der Waals surface area contributed by atoms with E-state index in [-0.39, 0.29) is 0 Å². The zero-order valence-electron chi connectivity index (χ0n) is 6.49. The van der Waals surface area contributed by atoms with Crippen molar-refractivity contribution in [3.8, 4) is 0 Å². The van der Waals surface area contributed by atoms with Gasteiger partial charge in [-0.15, -0.1) is 0 Å². The molecule has 0 aromatic carbocycles. The molecule has 0 spiro atoms. The average Bonchev–Trinajstić information content (AvgIpc) is 2.36. The normalized spacial score (nSPS) is 18.2. The van der Waals surface area contributed by atoms with E-state index in [2.05, 4.69) is 10.1 Å². The number of aryl methyl sites for hydroxylation is 1. The van der Waals surface area contributed by atoms with Crippen LogP contribution in [0.4, 0.5) is 0 Å². The smallest absolute Gasteiger partial charge is 0.226 e. The third-order valence-corrected chi connectivity index (χ3v) is 2.40. The van der Waals surface area contributed by atoms with E-state index in [1.807, 2.05) is 0 Å². The Hall–Kier alpha value is -0.860. The van der Waals surface area contributed by atoms with Gasteiger partial charge in [0.2, 0.25) is 5.89 Å². The van der Waals surface area contributed by atoms with E-state index >= 15 is 0 Å². The van der Waals surface area contributed by atoms with Crippen LogP contribution in [0.1, 0.15) is 31.6 Å². The van der Waals surface area contributed by atoms with Crippen LogP contribution in [0, 0.1) is 5.92 Å². The standard InChI is InChI=1S/C8H12N2O/c1-2-7(3-1)4-5-8-9-6-10-11-8/h6-7H,1-5H2. The van der Waals surface area contributed by atoms with Crippen LogP contribution in [0.25, 0.3) is 0 Å². The first-order valence-electron chi connectivity index (χ1n) is 4.21. The molecule has 60 valence electrons. The van der Waals surface area contributed by atoms with Gasteiger partial charge in [-0.2, -0.15) is 4.98 Å². The minimum atomic E-state index is 0.789. The summed E-state index contributed by atoms with van der Waals surface area (Å²) in [6.07, 6.45) is 7.86. The lowest BCUT2D eigenvalue weighted by atomic mass is 9.82. The quantitative estimate of drug-likeness (QED) is 0.663. The molecule has 1 aromatic heterocycles. The first kappa shape index (κ1) is 6.83. The summed E-state index contributed by atoms with van der Waals surface area (Å²) in [6, 6.07) is 0. The molecular formula is C8H12N2O. The minimum Gasteiger partial charge on any atom is -0.340 e. The molecular weight excluding hydrogens is 140 g/mol. The van der Waals surface area contributed by atoms with E-state index in [0.29, 0.717) is 0 Å². The molecule has 1 heterocycles. The van der Waals surface area contributed by atoms with Gasteiger partial charge in [-0.25, -0.2) is 0 Å². The van der Waals surface area contributed by atoms with Gasteiger partial charge in [0.1, 0.15) is 0 Å². The molecule has 1 saturated carbocycles. The van der Waals surface area contributed by atoms with Gasteiger partial charge in [-0.1, -0.05) is 24.4 Å². The van der Waals surface area contributed by atoms with E-state index in [1.165, 1.54) is 32.0 Å². The highest BCUT2D eigenvalue weighted by Gasteiger charge is 2.17. The first-order valence-corrected chi connectivity index (χ1v) is 4.21. The highest BCUT2D eigenvalue weighted by Crippen LogP contribution is 2.30. The fourth-order valence-corrected chi connectivity index (χ4v) is 1.42. The maximum atomic E-state index is 4.89.